The first kappa shape index (κ1) is 13.9. The van der Waals surface area contributed by atoms with Gasteiger partial charge in [-0.1, -0.05) is 0 Å². The molecule has 5 heteroatoms. The molecular formula is C11H24N2O3. The lowest BCUT2D eigenvalue weighted by Gasteiger charge is -2.42. The molecule has 0 aromatic heterocycles. The minimum Gasteiger partial charge on any atom is -0.394 e. The van der Waals surface area contributed by atoms with Crippen molar-refractivity contribution in [2.75, 3.05) is 46.0 Å². The summed E-state index contributed by atoms with van der Waals surface area (Å²) in [6.07, 6.45) is 0.113. The van der Waals surface area contributed by atoms with Gasteiger partial charge in [-0.25, -0.2) is 0 Å². The summed E-state index contributed by atoms with van der Waals surface area (Å²) >= 11 is 0. The fraction of sp³-hybridized carbons (Fsp3) is 1.00. The molecule has 0 radical (unpaired) electrons. The Balaban J connectivity index is 2.29. The minimum atomic E-state index is -0.140. The Kier molecular flexibility index (Phi) is 5.64. The number of aliphatic hydroxyl groups is 1. The van der Waals surface area contributed by atoms with Crippen molar-refractivity contribution in [3.05, 3.63) is 0 Å². The summed E-state index contributed by atoms with van der Waals surface area (Å²) < 4.78 is 11.1. The Hall–Kier alpha value is -0.200. The van der Waals surface area contributed by atoms with Crippen molar-refractivity contribution >= 4 is 0 Å². The summed E-state index contributed by atoms with van der Waals surface area (Å²) in [4.78, 5) is 2.30. The molecule has 1 unspecified atom stereocenters. The molecule has 1 fully saturated rings. The molecule has 16 heavy (non-hydrogen) atoms. The monoisotopic (exact) mass is 232 g/mol. The minimum absolute atomic E-state index is 0.0834. The number of nitrogens with two attached hydrogens (primary N) is 1. The van der Waals surface area contributed by atoms with Crippen molar-refractivity contribution in [3.8, 4) is 0 Å². The molecule has 1 saturated heterocycles. The lowest BCUT2D eigenvalue weighted by atomic mass is 10.1. The SMILES string of the molecule is CC1(C)CN(CCOCCO)CC(CN)O1. The molecule has 0 aliphatic carbocycles. The summed E-state index contributed by atoms with van der Waals surface area (Å²) in [7, 11) is 0. The van der Waals surface area contributed by atoms with E-state index < -0.39 is 0 Å². The van der Waals surface area contributed by atoms with E-state index in [-0.39, 0.29) is 18.3 Å². The zero-order chi connectivity index (χ0) is 12.0. The molecule has 3 N–H and O–H groups in total. The van der Waals surface area contributed by atoms with Crippen molar-refractivity contribution < 1.29 is 14.6 Å². The van der Waals surface area contributed by atoms with Gasteiger partial charge in [-0.05, 0) is 13.8 Å². The van der Waals surface area contributed by atoms with E-state index in [1.165, 1.54) is 0 Å². The van der Waals surface area contributed by atoms with Crippen molar-refractivity contribution in [3.63, 3.8) is 0 Å². The maximum Gasteiger partial charge on any atom is 0.0831 e. The van der Waals surface area contributed by atoms with Crippen LogP contribution in [-0.2, 0) is 9.47 Å². The van der Waals surface area contributed by atoms with Gasteiger partial charge >= 0.3 is 0 Å². The molecule has 0 saturated carbocycles. The van der Waals surface area contributed by atoms with Gasteiger partial charge in [0.05, 0.1) is 31.5 Å². The van der Waals surface area contributed by atoms with Crippen LogP contribution in [0.2, 0.25) is 0 Å². The smallest absolute Gasteiger partial charge is 0.0831 e. The van der Waals surface area contributed by atoms with Crippen LogP contribution < -0.4 is 5.73 Å². The van der Waals surface area contributed by atoms with Crippen LogP contribution in [0, 0.1) is 0 Å². The predicted octanol–water partition coefficient (Wildman–Crippen LogP) is -0.567. The zero-order valence-corrected chi connectivity index (χ0v) is 10.3. The number of morpholine rings is 1. The van der Waals surface area contributed by atoms with Crippen LogP contribution in [0.5, 0.6) is 0 Å². The van der Waals surface area contributed by atoms with Crippen LogP contribution in [0.1, 0.15) is 13.8 Å². The van der Waals surface area contributed by atoms with Crippen LogP contribution in [-0.4, -0.2) is 67.7 Å². The highest BCUT2D eigenvalue weighted by molar-refractivity contribution is 4.84. The molecular weight excluding hydrogens is 208 g/mol. The van der Waals surface area contributed by atoms with Gasteiger partial charge in [0.2, 0.25) is 0 Å². The van der Waals surface area contributed by atoms with Crippen LogP contribution in [0.15, 0.2) is 0 Å². The lowest BCUT2D eigenvalue weighted by molar-refractivity contribution is -0.134. The number of hydrogen-bond acceptors (Lipinski definition) is 5. The molecule has 1 aliphatic heterocycles. The Morgan fingerprint density at radius 1 is 1.50 bits per heavy atom. The quantitative estimate of drug-likeness (QED) is 0.601. The van der Waals surface area contributed by atoms with E-state index in [1.54, 1.807) is 0 Å². The third kappa shape index (κ3) is 4.76. The average Bonchev–Trinajstić information content (AvgIpc) is 2.22. The van der Waals surface area contributed by atoms with Crippen LogP contribution in [0.4, 0.5) is 0 Å². The highest BCUT2D eigenvalue weighted by atomic mass is 16.5. The topological polar surface area (TPSA) is 68.0 Å². The van der Waals surface area contributed by atoms with Gasteiger partial charge < -0.3 is 20.3 Å². The third-order valence-electron chi connectivity index (χ3n) is 2.60. The molecule has 0 spiro atoms. The van der Waals surface area contributed by atoms with Crippen molar-refractivity contribution in [1.82, 2.24) is 4.90 Å². The standard InChI is InChI=1S/C11H24N2O3/c1-11(2)9-13(3-5-15-6-4-14)8-10(7-12)16-11/h10,14H,3-9,12H2,1-2H3. The Bertz CT molecular complexity index is 200. The largest absolute Gasteiger partial charge is 0.394 e. The summed E-state index contributed by atoms with van der Waals surface area (Å²) in [6.45, 7) is 8.48. The molecule has 0 aromatic carbocycles. The van der Waals surface area contributed by atoms with Crippen molar-refractivity contribution in [1.29, 1.82) is 0 Å². The first-order chi connectivity index (χ1) is 7.57. The molecule has 0 amide bonds. The Morgan fingerprint density at radius 2 is 2.25 bits per heavy atom. The van der Waals surface area contributed by atoms with Gasteiger partial charge in [0, 0.05) is 26.2 Å². The second kappa shape index (κ2) is 6.51. The average molecular weight is 232 g/mol. The molecule has 5 nitrogen and oxygen atoms in total. The summed E-state index contributed by atoms with van der Waals surface area (Å²) in [5.41, 5.74) is 5.51. The summed E-state index contributed by atoms with van der Waals surface area (Å²) in [6, 6.07) is 0. The van der Waals surface area contributed by atoms with Gasteiger partial charge in [-0.3, -0.25) is 4.90 Å². The highest BCUT2D eigenvalue weighted by Gasteiger charge is 2.32. The first-order valence-corrected chi connectivity index (χ1v) is 5.86. The van der Waals surface area contributed by atoms with Gasteiger partial charge in [0.25, 0.3) is 0 Å². The molecule has 1 aliphatic rings. The highest BCUT2D eigenvalue weighted by Crippen LogP contribution is 2.20. The molecule has 0 bridgehead atoms. The molecule has 1 rings (SSSR count). The number of hydrogen-bond donors (Lipinski definition) is 2. The van der Waals surface area contributed by atoms with Gasteiger partial charge in [0.1, 0.15) is 0 Å². The maximum atomic E-state index is 8.59. The third-order valence-corrected chi connectivity index (χ3v) is 2.60. The van der Waals surface area contributed by atoms with E-state index in [0.717, 1.165) is 19.6 Å². The zero-order valence-electron chi connectivity index (χ0n) is 10.3. The second-order valence-corrected chi connectivity index (χ2v) is 4.81. The van der Waals surface area contributed by atoms with Gasteiger partial charge in [0.15, 0.2) is 0 Å². The van der Waals surface area contributed by atoms with E-state index in [1.807, 2.05) is 0 Å². The molecule has 96 valence electrons. The maximum absolute atomic E-state index is 8.59. The van der Waals surface area contributed by atoms with E-state index in [4.69, 9.17) is 20.3 Å². The van der Waals surface area contributed by atoms with Crippen LogP contribution in [0.3, 0.4) is 0 Å². The number of aliphatic hydroxyl groups excluding tert-OH is 1. The summed E-state index contributed by atoms with van der Waals surface area (Å²) in [5.74, 6) is 0. The van der Waals surface area contributed by atoms with E-state index in [9.17, 15) is 0 Å². The van der Waals surface area contributed by atoms with Gasteiger partial charge in [-0.2, -0.15) is 0 Å². The van der Waals surface area contributed by atoms with Gasteiger partial charge in [-0.15, -0.1) is 0 Å². The van der Waals surface area contributed by atoms with Crippen molar-refractivity contribution in [2.45, 2.75) is 25.6 Å². The fourth-order valence-electron chi connectivity index (χ4n) is 2.07. The second-order valence-electron chi connectivity index (χ2n) is 4.81. The molecule has 0 aromatic rings. The van der Waals surface area contributed by atoms with E-state index in [0.29, 0.717) is 19.8 Å². The van der Waals surface area contributed by atoms with E-state index >= 15 is 0 Å². The summed E-state index contributed by atoms with van der Waals surface area (Å²) in [5, 5.41) is 8.59. The molecule has 1 heterocycles. The fourth-order valence-corrected chi connectivity index (χ4v) is 2.07. The van der Waals surface area contributed by atoms with Crippen LogP contribution >= 0.6 is 0 Å². The predicted molar refractivity (Wildman–Crippen MR) is 62.4 cm³/mol. The Labute approximate surface area is 97.5 Å². The first-order valence-electron chi connectivity index (χ1n) is 5.86. The number of ether oxygens (including phenoxy) is 2. The van der Waals surface area contributed by atoms with Crippen molar-refractivity contribution in [2.24, 2.45) is 5.73 Å². The lowest BCUT2D eigenvalue weighted by Crippen LogP contribution is -2.55. The molecule has 1 atom stereocenters. The number of nitrogens with zero attached hydrogens (tertiary/aromatic N) is 1. The van der Waals surface area contributed by atoms with E-state index in [2.05, 4.69) is 18.7 Å². The normalized spacial score (nSPS) is 25.9. The number of rotatable bonds is 6. The van der Waals surface area contributed by atoms with Crippen LogP contribution in [0.25, 0.3) is 0 Å². The Morgan fingerprint density at radius 3 is 2.88 bits per heavy atom.